The van der Waals surface area contributed by atoms with E-state index < -0.39 is 17.4 Å². The van der Waals surface area contributed by atoms with E-state index in [1.54, 1.807) is 0 Å². The van der Waals surface area contributed by atoms with Crippen LogP contribution >= 0.6 is 11.6 Å². The Morgan fingerprint density at radius 3 is 2.39 bits per heavy atom. The van der Waals surface area contributed by atoms with Crippen LogP contribution in [0.4, 0.5) is 4.79 Å². The summed E-state index contributed by atoms with van der Waals surface area (Å²) in [6, 6.07) is 16.5. The van der Waals surface area contributed by atoms with Crippen molar-refractivity contribution in [3.8, 4) is 0 Å². The lowest BCUT2D eigenvalue weighted by molar-refractivity contribution is -0.116. The maximum atomic E-state index is 12.4. The first-order chi connectivity index (χ1) is 11.1. The summed E-state index contributed by atoms with van der Waals surface area (Å²) in [5.41, 5.74) is 2.95. The molecule has 3 rings (SSSR count). The molecule has 2 aromatic rings. The molecule has 0 radical (unpaired) electrons. The van der Waals surface area contributed by atoms with Gasteiger partial charge in [0.05, 0.1) is 6.54 Å². The van der Waals surface area contributed by atoms with E-state index in [2.05, 4.69) is 0 Å². The minimum Gasteiger partial charge on any atom is -0.445 e. The van der Waals surface area contributed by atoms with Gasteiger partial charge in [0, 0.05) is 6.42 Å². The first kappa shape index (κ1) is 15.6. The molecule has 5 heteroatoms. The molecule has 0 unspecified atom stereocenters. The summed E-state index contributed by atoms with van der Waals surface area (Å²) in [6.07, 6.45) is -0.110. The molecule has 2 aromatic carbocycles. The number of ether oxygens (including phenoxy) is 1. The summed E-state index contributed by atoms with van der Waals surface area (Å²) in [5, 5.41) is -0.545. The van der Waals surface area contributed by atoms with Gasteiger partial charge >= 0.3 is 6.09 Å². The van der Waals surface area contributed by atoms with Crippen molar-refractivity contribution in [3.63, 3.8) is 0 Å². The molecular weight excluding hydrogens is 314 g/mol. The average Bonchev–Trinajstić information content (AvgIpc) is 2.59. The van der Waals surface area contributed by atoms with Crippen molar-refractivity contribution >= 4 is 22.9 Å². The Kier molecular flexibility index (Phi) is 4.63. The summed E-state index contributed by atoms with van der Waals surface area (Å²) in [7, 11) is 0. The van der Waals surface area contributed by atoms with Crippen molar-refractivity contribution in [2.75, 3.05) is 0 Å². The zero-order chi connectivity index (χ0) is 16.2. The van der Waals surface area contributed by atoms with E-state index in [0.29, 0.717) is 13.0 Å². The number of nitrogens with zero attached hydrogens (tertiary/aromatic N) is 1. The van der Waals surface area contributed by atoms with E-state index in [9.17, 15) is 9.59 Å². The Balaban J connectivity index is 1.74. The molecule has 0 aliphatic carbocycles. The number of carbonyl (C=O) groups excluding carboxylic acids is 2. The van der Waals surface area contributed by atoms with Crippen LogP contribution < -0.4 is 0 Å². The van der Waals surface area contributed by atoms with Crippen LogP contribution in [0.5, 0.6) is 0 Å². The molecule has 1 atom stereocenters. The Morgan fingerprint density at radius 2 is 1.70 bits per heavy atom. The molecule has 118 valence electrons. The van der Waals surface area contributed by atoms with Gasteiger partial charge in [0.2, 0.25) is 5.24 Å². The molecule has 0 bridgehead atoms. The predicted octanol–water partition coefficient (Wildman–Crippen LogP) is 3.52. The van der Waals surface area contributed by atoms with Crippen molar-refractivity contribution in [1.82, 2.24) is 4.90 Å². The second kappa shape index (κ2) is 6.84. The molecule has 0 spiro atoms. The summed E-state index contributed by atoms with van der Waals surface area (Å²) >= 11 is 5.69. The molecule has 4 nitrogen and oxygen atoms in total. The number of rotatable bonds is 3. The lowest BCUT2D eigenvalue weighted by Crippen LogP contribution is -2.47. The summed E-state index contributed by atoms with van der Waals surface area (Å²) < 4.78 is 5.34. The maximum absolute atomic E-state index is 12.4. The molecule has 0 saturated heterocycles. The third-order valence-corrected chi connectivity index (χ3v) is 4.20. The maximum Gasteiger partial charge on any atom is 0.411 e. The number of amides is 1. The largest absolute Gasteiger partial charge is 0.445 e. The van der Waals surface area contributed by atoms with Crippen LogP contribution in [0.2, 0.25) is 0 Å². The highest BCUT2D eigenvalue weighted by Gasteiger charge is 2.34. The van der Waals surface area contributed by atoms with Gasteiger partial charge in [-0.05, 0) is 28.3 Å². The molecule has 1 heterocycles. The summed E-state index contributed by atoms with van der Waals surface area (Å²) in [6.45, 7) is 0.494. The van der Waals surface area contributed by atoms with E-state index in [1.807, 2.05) is 54.6 Å². The number of carbonyl (C=O) groups is 2. The monoisotopic (exact) mass is 329 g/mol. The van der Waals surface area contributed by atoms with Gasteiger partial charge in [-0.3, -0.25) is 9.69 Å². The van der Waals surface area contributed by atoms with Crippen LogP contribution in [0.25, 0.3) is 0 Å². The zero-order valence-corrected chi connectivity index (χ0v) is 13.2. The highest BCUT2D eigenvalue weighted by molar-refractivity contribution is 6.64. The normalized spacial score (nSPS) is 16.6. The Bertz CT molecular complexity index is 717. The fourth-order valence-electron chi connectivity index (χ4n) is 2.72. The second-order valence-corrected chi connectivity index (χ2v) is 5.83. The Morgan fingerprint density at radius 1 is 1.04 bits per heavy atom. The molecule has 0 saturated carbocycles. The van der Waals surface area contributed by atoms with Gasteiger partial charge in [-0.25, -0.2) is 4.79 Å². The van der Waals surface area contributed by atoms with Gasteiger partial charge in [0.15, 0.2) is 0 Å². The molecule has 0 N–H and O–H groups in total. The van der Waals surface area contributed by atoms with Crippen LogP contribution in [0.15, 0.2) is 54.6 Å². The van der Waals surface area contributed by atoms with Crippen molar-refractivity contribution in [2.45, 2.75) is 25.6 Å². The SMILES string of the molecule is O=C(Cl)[C@@H]1Cc2ccccc2CN1C(=O)OCc1ccccc1. The Labute approximate surface area is 139 Å². The number of hydrogen-bond donors (Lipinski definition) is 0. The Hall–Kier alpha value is -2.33. The van der Waals surface area contributed by atoms with E-state index in [0.717, 1.165) is 16.7 Å². The van der Waals surface area contributed by atoms with Crippen molar-refractivity contribution in [3.05, 3.63) is 71.3 Å². The van der Waals surface area contributed by atoms with E-state index in [1.165, 1.54) is 4.90 Å². The van der Waals surface area contributed by atoms with Crippen LogP contribution in [-0.4, -0.2) is 22.3 Å². The van der Waals surface area contributed by atoms with Crippen LogP contribution in [0.3, 0.4) is 0 Å². The molecule has 1 amide bonds. The lowest BCUT2D eigenvalue weighted by atomic mass is 9.95. The first-order valence-corrected chi connectivity index (χ1v) is 7.76. The molecule has 0 aromatic heterocycles. The first-order valence-electron chi connectivity index (χ1n) is 7.38. The van der Waals surface area contributed by atoms with E-state index in [-0.39, 0.29) is 6.61 Å². The fourth-order valence-corrected chi connectivity index (χ4v) is 2.91. The van der Waals surface area contributed by atoms with Gasteiger partial charge in [-0.2, -0.15) is 0 Å². The molecule has 1 aliphatic heterocycles. The van der Waals surface area contributed by atoms with Gasteiger partial charge in [-0.15, -0.1) is 0 Å². The third kappa shape index (κ3) is 3.54. The van der Waals surface area contributed by atoms with E-state index in [4.69, 9.17) is 16.3 Å². The van der Waals surface area contributed by atoms with Crippen LogP contribution in [0.1, 0.15) is 16.7 Å². The van der Waals surface area contributed by atoms with Crippen LogP contribution in [-0.2, 0) is 29.1 Å². The smallest absolute Gasteiger partial charge is 0.411 e. The van der Waals surface area contributed by atoms with Crippen LogP contribution in [0, 0.1) is 0 Å². The fraction of sp³-hybridized carbons (Fsp3) is 0.222. The van der Waals surface area contributed by atoms with Crippen molar-refractivity contribution in [1.29, 1.82) is 0 Å². The van der Waals surface area contributed by atoms with Gasteiger partial charge in [-0.1, -0.05) is 54.6 Å². The van der Waals surface area contributed by atoms with Gasteiger partial charge in [0.1, 0.15) is 12.6 Å². The molecule has 0 fully saturated rings. The quantitative estimate of drug-likeness (QED) is 0.809. The van der Waals surface area contributed by atoms with Crippen molar-refractivity contribution < 1.29 is 14.3 Å². The highest BCUT2D eigenvalue weighted by atomic mass is 35.5. The molecular formula is C18H16ClNO3. The highest BCUT2D eigenvalue weighted by Crippen LogP contribution is 2.25. The minimum absolute atomic E-state index is 0.168. The number of halogens is 1. The third-order valence-electron chi connectivity index (χ3n) is 3.95. The minimum atomic E-state index is -0.685. The topological polar surface area (TPSA) is 46.6 Å². The number of hydrogen-bond acceptors (Lipinski definition) is 3. The van der Waals surface area contributed by atoms with E-state index >= 15 is 0 Å². The molecule has 23 heavy (non-hydrogen) atoms. The summed E-state index contributed by atoms with van der Waals surface area (Å²) in [4.78, 5) is 25.5. The summed E-state index contributed by atoms with van der Waals surface area (Å²) in [5.74, 6) is 0. The standard InChI is InChI=1S/C18H16ClNO3/c19-17(21)16-10-14-8-4-5-9-15(14)11-20(16)18(22)23-12-13-6-2-1-3-7-13/h1-9,16H,10-12H2/t16-/m0/s1. The van der Waals surface area contributed by atoms with Gasteiger partial charge < -0.3 is 4.74 Å². The number of benzene rings is 2. The van der Waals surface area contributed by atoms with Gasteiger partial charge in [0.25, 0.3) is 0 Å². The lowest BCUT2D eigenvalue weighted by Gasteiger charge is -2.33. The predicted molar refractivity (Wildman–Crippen MR) is 87.0 cm³/mol. The number of fused-ring (bicyclic) bond motifs is 1. The van der Waals surface area contributed by atoms with Crippen molar-refractivity contribution in [2.24, 2.45) is 0 Å². The molecule has 1 aliphatic rings. The average molecular weight is 330 g/mol. The zero-order valence-electron chi connectivity index (χ0n) is 12.4. The second-order valence-electron chi connectivity index (χ2n) is 5.46.